The van der Waals surface area contributed by atoms with Crippen molar-refractivity contribution < 1.29 is 19.1 Å². The molecule has 0 amide bonds. The first-order valence-electron chi connectivity index (χ1n) is 9.96. The van der Waals surface area contributed by atoms with Crippen LogP contribution in [-0.2, 0) is 0 Å². The number of rotatable bonds is 5. The highest BCUT2D eigenvalue weighted by Crippen LogP contribution is 2.33. The molecule has 0 aliphatic heterocycles. The second-order valence-corrected chi connectivity index (χ2v) is 7.92. The van der Waals surface area contributed by atoms with Gasteiger partial charge in [-0.05, 0) is 50.6 Å². The summed E-state index contributed by atoms with van der Waals surface area (Å²) in [5.41, 5.74) is 2.78. The molecule has 0 spiro atoms. The minimum Gasteiger partial charge on any atom is -0.483 e. The van der Waals surface area contributed by atoms with Crippen molar-refractivity contribution in [2.24, 2.45) is 0 Å². The van der Waals surface area contributed by atoms with Crippen LogP contribution < -0.4 is 10.2 Å². The molecule has 4 rings (SSSR count). The molecule has 0 aliphatic rings. The fourth-order valence-electron chi connectivity index (χ4n) is 3.66. The van der Waals surface area contributed by atoms with E-state index in [0.717, 1.165) is 11.1 Å². The van der Waals surface area contributed by atoms with Crippen LogP contribution in [0.2, 0.25) is 5.15 Å². The summed E-state index contributed by atoms with van der Waals surface area (Å²) < 4.78 is 12.2. The van der Waals surface area contributed by atoms with E-state index in [9.17, 15) is 14.7 Å². The van der Waals surface area contributed by atoms with E-state index in [-0.39, 0.29) is 22.0 Å². The highest BCUT2D eigenvalue weighted by molar-refractivity contribution is 6.29. The van der Waals surface area contributed by atoms with Crippen molar-refractivity contribution in [1.82, 2.24) is 4.98 Å². The van der Waals surface area contributed by atoms with Gasteiger partial charge >= 0.3 is 5.97 Å². The first-order chi connectivity index (χ1) is 15.3. The third kappa shape index (κ3) is 3.97. The number of ether oxygens (including phenoxy) is 1. The second-order valence-electron chi connectivity index (χ2n) is 7.53. The van der Waals surface area contributed by atoms with Crippen LogP contribution in [-0.4, -0.2) is 16.1 Å². The van der Waals surface area contributed by atoms with Gasteiger partial charge < -0.3 is 14.3 Å². The molecule has 2 heterocycles. The Bertz CT molecular complexity index is 1400. The number of halogens is 1. The molecule has 32 heavy (non-hydrogen) atoms. The van der Waals surface area contributed by atoms with Crippen LogP contribution >= 0.6 is 11.6 Å². The number of aromatic nitrogens is 1. The Morgan fingerprint density at radius 1 is 1.12 bits per heavy atom. The van der Waals surface area contributed by atoms with E-state index >= 15 is 0 Å². The number of fused-ring (bicyclic) bond motifs is 1. The zero-order valence-electron chi connectivity index (χ0n) is 17.7. The molecule has 1 atom stereocenters. The number of aryl methyl sites for hydroxylation is 1. The Morgan fingerprint density at radius 2 is 1.84 bits per heavy atom. The van der Waals surface area contributed by atoms with Crippen molar-refractivity contribution >= 4 is 28.5 Å². The zero-order chi connectivity index (χ0) is 23.0. The maximum absolute atomic E-state index is 13.2. The topological polar surface area (TPSA) is 89.6 Å². The fraction of sp³-hybridized carbons (Fsp3) is 0.160. The summed E-state index contributed by atoms with van der Waals surface area (Å²) in [6.07, 6.45) is -0.632. The van der Waals surface area contributed by atoms with Gasteiger partial charge in [-0.1, -0.05) is 41.9 Å². The molecule has 7 heteroatoms. The summed E-state index contributed by atoms with van der Waals surface area (Å²) in [5, 5.41) is 9.96. The molecule has 0 aliphatic carbocycles. The minimum absolute atomic E-state index is 0.0531. The van der Waals surface area contributed by atoms with Gasteiger partial charge in [-0.2, -0.15) is 0 Å². The fourth-order valence-corrected chi connectivity index (χ4v) is 3.81. The molecule has 1 N–H and O–H groups in total. The molecular weight excluding hydrogens is 430 g/mol. The van der Waals surface area contributed by atoms with Crippen LogP contribution in [0.1, 0.15) is 40.2 Å². The van der Waals surface area contributed by atoms with Crippen LogP contribution in [0.25, 0.3) is 22.3 Å². The number of nitrogens with zero attached hydrogens (tertiary/aromatic N) is 1. The lowest BCUT2D eigenvalue weighted by atomic mass is 10.00. The van der Waals surface area contributed by atoms with Gasteiger partial charge in [0.25, 0.3) is 0 Å². The van der Waals surface area contributed by atoms with Gasteiger partial charge in [0.2, 0.25) is 0 Å². The predicted octanol–water partition coefficient (Wildman–Crippen LogP) is 5.96. The lowest BCUT2D eigenvalue weighted by molar-refractivity contribution is 0.0682. The molecule has 0 saturated carbocycles. The third-order valence-electron chi connectivity index (χ3n) is 5.20. The molecule has 0 fully saturated rings. The molecule has 2 aromatic carbocycles. The number of benzene rings is 2. The molecule has 6 nitrogen and oxygen atoms in total. The van der Waals surface area contributed by atoms with Crippen molar-refractivity contribution in [1.29, 1.82) is 0 Å². The zero-order valence-corrected chi connectivity index (χ0v) is 18.4. The number of carbonyl (C=O) groups is 1. The maximum atomic E-state index is 13.2. The van der Waals surface area contributed by atoms with Crippen molar-refractivity contribution in [3.8, 4) is 17.1 Å². The van der Waals surface area contributed by atoms with Gasteiger partial charge in [0.1, 0.15) is 22.6 Å². The van der Waals surface area contributed by atoms with E-state index < -0.39 is 12.1 Å². The van der Waals surface area contributed by atoms with Crippen molar-refractivity contribution in [3.05, 3.63) is 92.4 Å². The summed E-state index contributed by atoms with van der Waals surface area (Å²) in [6.45, 7) is 5.38. The van der Waals surface area contributed by atoms with Gasteiger partial charge in [0.15, 0.2) is 16.9 Å². The van der Waals surface area contributed by atoms with E-state index in [2.05, 4.69) is 4.98 Å². The molecule has 0 radical (unpaired) electrons. The predicted molar refractivity (Wildman–Crippen MR) is 123 cm³/mol. The molecule has 0 bridgehead atoms. The van der Waals surface area contributed by atoms with E-state index in [1.165, 1.54) is 12.1 Å². The van der Waals surface area contributed by atoms with Crippen molar-refractivity contribution in [2.75, 3.05) is 0 Å². The standard InChI is InChI=1S/C25H20ClNO5/c1-13-11-17(15(3)31-19-9-10-20(26)27-21(19)25(29)30)24-18(12-13)22(28)14(2)23(32-24)16-7-5-4-6-8-16/h4-12,15H,1-3H3,(H,29,30)/t15-/m1/s1. The minimum atomic E-state index is -1.25. The monoisotopic (exact) mass is 449 g/mol. The highest BCUT2D eigenvalue weighted by atomic mass is 35.5. The maximum Gasteiger partial charge on any atom is 0.358 e. The van der Waals surface area contributed by atoms with Gasteiger partial charge in [0, 0.05) is 16.7 Å². The van der Waals surface area contributed by atoms with Crippen LogP contribution in [0.3, 0.4) is 0 Å². The molecule has 0 saturated heterocycles. The number of hydrogen-bond donors (Lipinski definition) is 1. The Kier molecular flexibility index (Phi) is 5.72. The van der Waals surface area contributed by atoms with Crippen LogP contribution in [0, 0.1) is 13.8 Å². The average Bonchev–Trinajstić information content (AvgIpc) is 2.77. The normalized spacial score (nSPS) is 12.0. The summed E-state index contributed by atoms with van der Waals surface area (Å²) in [6, 6.07) is 16.0. The SMILES string of the molecule is Cc1cc([C@@H](C)Oc2ccc(Cl)nc2C(=O)O)c2oc(-c3ccccc3)c(C)c(=O)c2c1. The Labute approximate surface area is 189 Å². The van der Waals surface area contributed by atoms with E-state index in [4.69, 9.17) is 20.8 Å². The summed E-state index contributed by atoms with van der Waals surface area (Å²) in [4.78, 5) is 28.6. The second kappa shape index (κ2) is 8.48. The molecule has 4 aromatic rings. The lowest BCUT2D eigenvalue weighted by Crippen LogP contribution is -2.13. The smallest absolute Gasteiger partial charge is 0.358 e. The number of carboxylic acids is 1. The van der Waals surface area contributed by atoms with Crippen LogP contribution in [0.5, 0.6) is 5.75 Å². The van der Waals surface area contributed by atoms with E-state index in [1.54, 1.807) is 19.9 Å². The van der Waals surface area contributed by atoms with E-state index in [1.807, 2.05) is 43.3 Å². The molecular formula is C25H20ClNO5. The number of aromatic carboxylic acids is 1. The van der Waals surface area contributed by atoms with Crippen molar-refractivity contribution in [2.45, 2.75) is 26.9 Å². The van der Waals surface area contributed by atoms with Gasteiger partial charge in [-0.25, -0.2) is 9.78 Å². The third-order valence-corrected chi connectivity index (χ3v) is 5.41. The summed E-state index contributed by atoms with van der Waals surface area (Å²) >= 11 is 5.84. The van der Waals surface area contributed by atoms with Crippen LogP contribution in [0.4, 0.5) is 0 Å². The number of pyridine rings is 1. The average molecular weight is 450 g/mol. The number of carboxylic acid groups (broad SMARTS) is 1. The highest BCUT2D eigenvalue weighted by Gasteiger charge is 2.22. The summed E-state index contributed by atoms with van der Waals surface area (Å²) in [5.74, 6) is -0.695. The summed E-state index contributed by atoms with van der Waals surface area (Å²) in [7, 11) is 0. The molecule has 0 unspecified atom stereocenters. The Morgan fingerprint density at radius 3 is 2.53 bits per heavy atom. The van der Waals surface area contributed by atoms with Gasteiger partial charge in [0.05, 0.1) is 5.39 Å². The molecule has 162 valence electrons. The van der Waals surface area contributed by atoms with E-state index in [0.29, 0.717) is 27.9 Å². The first kappa shape index (κ1) is 21.6. The van der Waals surface area contributed by atoms with Gasteiger partial charge in [-0.15, -0.1) is 0 Å². The first-order valence-corrected chi connectivity index (χ1v) is 10.3. The Balaban J connectivity index is 1.88. The number of hydrogen-bond acceptors (Lipinski definition) is 5. The van der Waals surface area contributed by atoms with Crippen LogP contribution in [0.15, 0.2) is 63.8 Å². The van der Waals surface area contributed by atoms with Gasteiger partial charge in [-0.3, -0.25) is 4.79 Å². The Hall–Kier alpha value is -3.64. The van der Waals surface area contributed by atoms with Crippen molar-refractivity contribution in [3.63, 3.8) is 0 Å². The largest absolute Gasteiger partial charge is 0.483 e. The molecule has 2 aromatic heterocycles. The lowest BCUT2D eigenvalue weighted by Gasteiger charge is -2.19. The quantitative estimate of drug-likeness (QED) is 0.378.